The first kappa shape index (κ1) is 28.9. The van der Waals surface area contributed by atoms with Crippen LogP contribution in [0.15, 0.2) is 12.2 Å². The van der Waals surface area contributed by atoms with Gasteiger partial charge in [-0.25, -0.2) is 0 Å². The van der Waals surface area contributed by atoms with Crippen molar-refractivity contribution in [1.29, 1.82) is 0 Å². The van der Waals surface area contributed by atoms with Gasteiger partial charge in [0, 0.05) is 24.7 Å². The highest BCUT2D eigenvalue weighted by Crippen LogP contribution is 2.77. The van der Waals surface area contributed by atoms with Gasteiger partial charge in [-0.2, -0.15) is 0 Å². The van der Waals surface area contributed by atoms with Crippen LogP contribution in [0.2, 0.25) is 0 Å². The van der Waals surface area contributed by atoms with E-state index in [1.165, 1.54) is 38.5 Å². The predicted octanol–water partition coefficient (Wildman–Crippen LogP) is 7.32. The second kappa shape index (κ2) is 9.44. The minimum absolute atomic E-state index is 0.0785. The van der Waals surface area contributed by atoms with E-state index in [4.69, 9.17) is 9.47 Å². The average Bonchev–Trinajstić information content (AvgIpc) is 3.25. The molecule has 5 nitrogen and oxygen atoms in total. The molecule has 0 amide bonds. The van der Waals surface area contributed by atoms with Crippen LogP contribution in [-0.2, 0) is 23.9 Å². The SMILES string of the molecule is C=C(C)[C@@H]1CC[C@]2(C=O)CC[C@]3(C)[C@H](CC[C@@H]4[C@@]5(C)CCC(OC(C)=O)C(C)(COC(C)=O)[C@@H]5CC[C@]43C)[C@@H]12. The number of ether oxygens (including phenoxy) is 2. The molecule has 5 aliphatic carbocycles. The topological polar surface area (TPSA) is 69.7 Å². The molecule has 2 unspecified atom stereocenters. The van der Waals surface area contributed by atoms with Gasteiger partial charge in [-0.15, -0.1) is 0 Å². The van der Waals surface area contributed by atoms with Crippen molar-refractivity contribution < 1.29 is 23.9 Å². The Balaban J connectivity index is 1.52. The van der Waals surface area contributed by atoms with E-state index in [0.717, 1.165) is 51.4 Å². The third-order valence-corrected chi connectivity index (χ3v) is 14.0. The summed E-state index contributed by atoms with van der Waals surface area (Å²) in [5, 5.41) is 0. The molecule has 5 heteroatoms. The Morgan fingerprint density at radius 2 is 1.54 bits per heavy atom. The molecule has 5 saturated carbocycles. The summed E-state index contributed by atoms with van der Waals surface area (Å²) in [4.78, 5) is 36.7. The van der Waals surface area contributed by atoms with Crippen LogP contribution in [-0.4, -0.2) is 30.9 Å². The van der Waals surface area contributed by atoms with Crippen molar-refractivity contribution in [2.24, 2.45) is 56.7 Å². The third-order valence-electron chi connectivity index (χ3n) is 14.0. The Bertz CT molecular complexity index is 1050. The Morgan fingerprint density at radius 3 is 2.15 bits per heavy atom. The van der Waals surface area contributed by atoms with Gasteiger partial charge in [0.2, 0.25) is 0 Å². The van der Waals surface area contributed by atoms with Crippen LogP contribution in [0.3, 0.4) is 0 Å². The lowest BCUT2D eigenvalue weighted by molar-refractivity contribution is -0.255. The number of carbonyl (C=O) groups is 3. The monoisotopic (exact) mass is 540 g/mol. The zero-order valence-electron chi connectivity index (χ0n) is 25.6. The molecule has 0 aromatic heterocycles. The van der Waals surface area contributed by atoms with E-state index < -0.39 is 5.41 Å². The summed E-state index contributed by atoms with van der Waals surface area (Å²) >= 11 is 0. The van der Waals surface area contributed by atoms with Crippen molar-refractivity contribution in [3.63, 3.8) is 0 Å². The van der Waals surface area contributed by atoms with Gasteiger partial charge in [0.25, 0.3) is 0 Å². The van der Waals surface area contributed by atoms with Crippen LogP contribution < -0.4 is 0 Å². The largest absolute Gasteiger partial charge is 0.465 e. The molecule has 0 saturated heterocycles. The average molecular weight is 541 g/mol. The summed E-state index contributed by atoms with van der Waals surface area (Å²) in [6.45, 7) is 19.7. The zero-order chi connectivity index (χ0) is 28.6. The molecule has 0 radical (unpaired) electrons. The number of hydrogen-bond donors (Lipinski definition) is 0. The third kappa shape index (κ3) is 3.94. The van der Waals surface area contributed by atoms with Gasteiger partial charge >= 0.3 is 11.9 Å². The minimum Gasteiger partial charge on any atom is -0.465 e. The highest BCUT2D eigenvalue weighted by atomic mass is 16.6. The highest BCUT2D eigenvalue weighted by molar-refractivity contribution is 5.67. The fourth-order valence-corrected chi connectivity index (χ4v) is 12.0. The van der Waals surface area contributed by atoms with Crippen LogP contribution in [0, 0.1) is 56.7 Å². The quantitative estimate of drug-likeness (QED) is 0.208. The lowest BCUT2D eigenvalue weighted by Crippen LogP contribution is -2.67. The first-order valence-electron chi connectivity index (χ1n) is 15.6. The summed E-state index contributed by atoms with van der Waals surface area (Å²) in [7, 11) is 0. The zero-order valence-corrected chi connectivity index (χ0v) is 25.6. The van der Waals surface area contributed by atoms with Crippen LogP contribution in [0.1, 0.15) is 113 Å². The first-order chi connectivity index (χ1) is 18.2. The second-order valence-corrected chi connectivity index (χ2v) is 15.5. The van der Waals surface area contributed by atoms with E-state index in [1.807, 2.05) is 0 Å². The molecule has 0 heterocycles. The normalized spacial score (nSPS) is 50.4. The molecule has 218 valence electrons. The molecular formula is C34H52O5. The molecule has 5 aliphatic rings. The van der Waals surface area contributed by atoms with Gasteiger partial charge < -0.3 is 14.3 Å². The first-order valence-corrected chi connectivity index (χ1v) is 15.6. The smallest absolute Gasteiger partial charge is 0.302 e. The molecule has 0 spiro atoms. The molecule has 0 aromatic rings. The number of aldehydes is 1. The van der Waals surface area contributed by atoms with Crippen LogP contribution >= 0.6 is 0 Å². The van der Waals surface area contributed by atoms with E-state index in [1.54, 1.807) is 0 Å². The Kier molecular flexibility index (Phi) is 6.99. The number of hydrogen-bond acceptors (Lipinski definition) is 5. The van der Waals surface area contributed by atoms with Gasteiger partial charge in [-0.05, 0) is 117 Å². The standard InChI is InChI=1S/C34H52O5/c1-21(2)24-11-16-34(19-35)18-17-32(7)25(29(24)34)9-10-27-30(5)14-13-28(39-23(4)37)31(6,20-38-22(3)36)26(30)12-15-33(27,32)8/h19,24-29H,1,9-18,20H2,2-8H3/t24-,25+,26+,27+,28?,29+,30-,31?,32+,33+,34+/m0/s1. The van der Waals surface area contributed by atoms with Crippen molar-refractivity contribution >= 4 is 18.2 Å². The fourth-order valence-electron chi connectivity index (χ4n) is 12.0. The van der Waals surface area contributed by atoms with E-state index >= 15 is 0 Å². The van der Waals surface area contributed by atoms with Crippen LogP contribution in [0.4, 0.5) is 0 Å². The van der Waals surface area contributed by atoms with Gasteiger partial charge in [0.15, 0.2) is 0 Å². The van der Waals surface area contributed by atoms with Gasteiger partial charge in [-0.3, -0.25) is 9.59 Å². The summed E-state index contributed by atoms with van der Waals surface area (Å²) in [5.74, 6) is 1.76. The van der Waals surface area contributed by atoms with Crippen molar-refractivity contribution in [2.45, 2.75) is 119 Å². The van der Waals surface area contributed by atoms with E-state index in [2.05, 4.69) is 41.2 Å². The second-order valence-electron chi connectivity index (χ2n) is 15.5. The molecular weight excluding hydrogens is 488 g/mol. The van der Waals surface area contributed by atoms with E-state index in [9.17, 15) is 14.4 Å². The van der Waals surface area contributed by atoms with Crippen molar-refractivity contribution in [3.8, 4) is 0 Å². The summed E-state index contributed by atoms with van der Waals surface area (Å²) < 4.78 is 11.6. The lowest BCUT2D eigenvalue weighted by atomic mass is 9.32. The number of rotatable bonds is 5. The predicted molar refractivity (Wildman–Crippen MR) is 152 cm³/mol. The minimum atomic E-state index is -0.404. The van der Waals surface area contributed by atoms with Crippen molar-refractivity contribution in [2.75, 3.05) is 6.61 Å². The van der Waals surface area contributed by atoms with Crippen LogP contribution in [0.25, 0.3) is 0 Å². The Morgan fingerprint density at radius 1 is 0.821 bits per heavy atom. The maximum absolute atomic E-state index is 12.7. The van der Waals surface area contributed by atoms with E-state index in [0.29, 0.717) is 36.2 Å². The molecule has 0 aromatic carbocycles. The number of allylic oxidation sites excluding steroid dienone is 1. The number of carbonyl (C=O) groups excluding carboxylic acids is 3. The maximum atomic E-state index is 12.7. The summed E-state index contributed by atoms with van der Waals surface area (Å²) in [6, 6.07) is 0. The van der Waals surface area contributed by atoms with Gasteiger partial charge in [0.05, 0.1) is 0 Å². The summed E-state index contributed by atoms with van der Waals surface area (Å²) in [6.07, 6.45) is 11.8. The molecule has 0 bridgehead atoms. The Labute approximate surface area is 236 Å². The van der Waals surface area contributed by atoms with Crippen molar-refractivity contribution in [1.82, 2.24) is 0 Å². The van der Waals surface area contributed by atoms with E-state index in [-0.39, 0.29) is 39.7 Å². The van der Waals surface area contributed by atoms with Gasteiger partial charge in [0.1, 0.15) is 19.0 Å². The molecule has 11 atom stereocenters. The Hall–Kier alpha value is -1.65. The molecule has 39 heavy (non-hydrogen) atoms. The molecule has 5 rings (SSSR count). The number of esters is 2. The van der Waals surface area contributed by atoms with Crippen molar-refractivity contribution in [3.05, 3.63) is 12.2 Å². The maximum Gasteiger partial charge on any atom is 0.302 e. The molecule has 0 aliphatic heterocycles. The summed E-state index contributed by atoms with van der Waals surface area (Å²) in [5.41, 5.74) is 1.13. The number of fused-ring (bicyclic) bond motifs is 7. The fraction of sp³-hybridized carbons (Fsp3) is 0.853. The molecule has 5 fully saturated rings. The van der Waals surface area contributed by atoms with Crippen LogP contribution in [0.5, 0.6) is 0 Å². The van der Waals surface area contributed by atoms with Gasteiger partial charge in [-0.1, -0.05) is 39.8 Å². The molecule has 0 N–H and O–H groups in total. The highest BCUT2D eigenvalue weighted by Gasteiger charge is 2.71. The lowest BCUT2D eigenvalue weighted by Gasteiger charge is -2.72.